The second-order valence-electron chi connectivity index (χ2n) is 9.09. The molecule has 1 aromatic carbocycles. The van der Waals surface area contributed by atoms with Crippen LogP contribution < -0.4 is 0 Å². The van der Waals surface area contributed by atoms with Gasteiger partial charge in [0.2, 0.25) is 5.91 Å². The zero-order valence-corrected chi connectivity index (χ0v) is 17.4. The van der Waals surface area contributed by atoms with Gasteiger partial charge in [-0.1, -0.05) is 37.1 Å². The summed E-state index contributed by atoms with van der Waals surface area (Å²) in [5, 5.41) is 0. The molecule has 0 aromatic heterocycles. The van der Waals surface area contributed by atoms with Crippen LogP contribution in [0.4, 0.5) is 0 Å². The molecule has 1 saturated heterocycles. The minimum Gasteiger partial charge on any atom is -0.383 e. The smallest absolute Gasteiger partial charge is 0.225 e. The lowest BCUT2D eigenvalue weighted by Crippen LogP contribution is -2.48. The fourth-order valence-electron chi connectivity index (χ4n) is 5.61. The molecule has 1 saturated carbocycles. The Kier molecular flexibility index (Phi) is 6.69. The monoisotopic (exact) mass is 384 g/mol. The maximum atomic E-state index is 13.1. The number of nitrogens with zero attached hydrogens (tertiary/aromatic N) is 2. The second kappa shape index (κ2) is 9.41. The van der Waals surface area contributed by atoms with Crippen LogP contribution in [0, 0.1) is 11.8 Å². The molecular formula is C24H36N2O2. The molecule has 0 unspecified atom stereocenters. The number of hydrogen-bond donors (Lipinski definition) is 0. The summed E-state index contributed by atoms with van der Waals surface area (Å²) in [6, 6.07) is 9.58. The van der Waals surface area contributed by atoms with Crippen molar-refractivity contribution in [3.8, 4) is 0 Å². The maximum Gasteiger partial charge on any atom is 0.225 e. The Morgan fingerprint density at radius 1 is 1.11 bits per heavy atom. The second-order valence-corrected chi connectivity index (χ2v) is 9.09. The lowest BCUT2D eigenvalue weighted by molar-refractivity contribution is -0.137. The van der Waals surface area contributed by atoms with Gasteiger partial charge in [-0.3, -0.25) is 9.69 Å². The van der Waals surface area contributed by atoms with Gasteiger partial charge in [0.15, 0.2) is 0 Å². The Morgan fingerprint density at radius 2 is 1.82 bits per heavy atom. The highest BCUT2D eigenvalue weighted by Crippen LogP contribution is 2.30. The van der Waals surface area contributed by atoms with Gasteiger partial charge in [-0.25, -0.2) is 0 Å². The number of benzene rings is 1. The highest BCUT2D eigenvalue weighted by atomic mass is 16.5. The predicted octanol–water partition coefficient (Wildman–Crippen LogP) is 3.53. The van der Waals surface area contributed by atoms with Gasteiger partial charge in [-0.2, -0.15) is 0 Å². The molecular weight excluding hydrogens is 348 g/mol. The van der Waals surface area contributed by atoms with Gasteiger partial charge in [-0.15, -0.1) is 0 Å². The quantitative estimate of drug-likeness (QED) is 0.721. The van der Waals surface area contributed by atoms with Gasteiger partial charge < -0.3 is 9.64 Å². The van der Waals surface area contributed by atoms with E-state index in [1.807, 2.05) is 0 Å². The molecule has 154 valence electrons. The van der Waals surface area contributed by atoms with Crippen LogP contribution in [0.5, 0.6) is 0 Å². The van der Waals surface area contributed by atoms with Crippen molar-refractivity contribution in [2.75, 3.05) is 39.9 Å². The minimum atomic E-state index is 0.265. The van der Waals surface area contributed by atoms with E-state index in [9.17, 15) is 4.79 Å². The molecule has 1 aromatic rings. The third kappa shape index (κ3) is 4.60. The summed E-state index contributed by atoms with van der Waals surface area (Å²) in [5.74, 6) is 1.25. The largest absolute Gasteiger partial charge is 0.383 e. The molecule has 0 N–H and O–H groups in total. The summed E-state index contributed by atoms with van der Waals surface area (Å²) in [7, 11) is 1.73. The number of piperidine rings is 1. The molecule has 1 aliphatic heterocycles. The van der Waals surface area contributed by atoms with Crippen LogP contribution in [-0.4, -0.2) is 61.6 Å². The molecule has 2 fully saturated rings. The Bertz CT molecular complexity index is 631. The van der Waals surface area contributed by atoms with Crippen molar-refractivity contribution in [2.24, 2.45) is 11.8 Å². The first-order valence-corrected chi connectivity index (χ1v) is 11.3. The zero-order valence-electron chi connectivity index (χ0n) is 17.4. The molecule has 1 amide bonds. The van der Waals surface area contributed by atoms with Crippen LogP contribution in [0.15, 0.2) is 24.3 Å². The first-order valence-electron chi connectivity index (χ1n) is 11.3. The third-order valence-electron chi connectivity index (χ3n) is 7.16. The summed E-state index contributed by atoms with van der Waals surface area (Å²) in [6.07, 6.45) is 9.49. The zero-order chi connectivity index (χ0) is 19.3. The van der Waals surface area contributed by atoms with Crippen LogP contribution in [0.2, 0.25) is 0 Å². The lowest BCUT2D eigenvalue weighted by Gasteiger charge is -2.39. The Morgan fingerprint density at radius 3 is 2.50 bits per heavy atom. The van der Waals surface area contributed by atoms with Crippen molar-refractivity contribution >= 4 is 5.91 Å². The molecule has 4 heteroatoms. The lowest BCUT2D eigenvalue weighted by atomic mass is 9.94. The molecule has 4 rings (SSSR count). The molecule has 4 nitrogen and oxygen atoms in total. The van der Waals surface area contributed by atoms with Gasteiger partial charge in [0.05, 0.1) is 6.61 Å². The first kappa shape index (κ1) is 19.9. The van der Waals surface area contributed by atoms with E-state index < -0.39 is 0 Å². The maximum absolute atomic E-state index is 13.1. The molecule has 0 spiro atoms. The van der Waals surface area contributed by atoms with Crippen molar-refractivity contribution in [2.45, 2.75) is 57.4 Å². The van der Waals surface area contributed by atoms with E-state index in [2.05, 4.69) is 34.1 Å². The van der Waals surface area contributed by atoms with E-state index in [1.54, 1.807) is 7.11 Å². The standard InChI is InChI=1S/C24H36N2O2/c1-28-14-13-26(24(27)20-8-2-3-9-20)18-19-7-6-12-25(17-19)23-15-21-10-4-5-11-22(21)16-23/h4-5,10-11,19-20,23H,2-3,6-9,12-18H2,1H3/t19-/m1/s1. The number of carbonyl (C=O) groups is 1. The highest BCUT2D eigenvalue weighted by Gasteiger charge is 2.33. The van der Waals surface area contributed by atoms with Crippen LogP contribution in [-0.2, 0) is 22.4 Å². The van der Waals surface area contributed by atoms with Gasteiger partial charge in [-0.05, 0) is 62.1 Å². The average Bonchev–Trinajstić information content (AvgIpc) is 3.40. The van der Waals surface area contributed by atoms with Crippen molar-refractivity contribution < 1.29 is 9.53 Å². The van der Waals surface area contributed by atoms with Gasteiger partial charge in [0.25, 0.3) is 0 Å². The summed E-state index contributed by atoms with van der Waals surface area (Å²) >= 11 is 0. The van der Waals surface area contributed by atoms with Crippen molar-refractivity contribution in [3.05, 3.63) is 35.4 Å². The van der Waals surface area contributed by atoms with Gasteiger partial charge in [0.1, 0.15) is 0 Å². The number of hydrogen-bond acceptors (Lipinski definition) is 3. The predicted molar refractivity (Wildman–Crippen MR) is 112 cm³/mol. The summed E-state index contributed by atoms with van der Waals surface area (Å²) < 4.78 is 5.31. The molecule has 28 heavy (non-hydrogen) atoms. The Hall–Kier alpha value is -1.39. The van der Waals surface area contributed by atoms with Crippen LogP contribution in [0.25, 0.3) is 0 Å². The highest BCUT2D eigenvalue weighted by molar-refractivity contribution is 5.79. The summed E-state index contributed by atoms with van der Waals surface area (Å²) in [6.45, 7) is 4.66. The average molecular weight is 385 g/mol. The van der Waals surface area contributed by atoms with Gasteiger partial charge in [0, 0.05) is 38.7 Å². The summed E-state index contributed by atoms with van der Waals surface area (Å²) in [4.78, 5) is 17.9. The topological polar surface area (TPSA) is 32.8 Å². The molecule has 2 aliphatic carbocycles. The Labute approximate surface area is 170 Å². The minimum absolute atomic E-state index is 0.265. The van der Waals surface area contributed by atoms with E-state index in [0.29, 0.717) is 24.5 Å². The number of ether oxygens (including phenoxy) is 1. The van der Waals surface area contributed by atoms with Gasteiger partial charge >= 0.3 is 0 Å². The molecule has 0 bridgehead atoms. The normalized spacial score (nSPS) is 23.8. The van der Waals surface area contributed by atoms with Crippen LogP contribution >= 0.6 is 0 Å². The SMILES string of the molecule is COCCN(C[C@@H]1CCCN(C2Cc3ccccc3C2)C1)C(=O)C1CCCC1. The van der Waals surface area contributed by atoms with Crippen molar-refractivity contribution in [3.63, 3.8) is 0 Å². The number of amides is 1. The molecule has 1 heterocycles. The first-order chi connectivity index (χ1) is 13.7. The number of carbonyl (C=O) groups excluding carboxylic acids is 1. The fraction of sp³-hybridized carbons (Fsp3) is 0.708. The Balaban J connectivity index is 1.35. The summed E-state index contributed by atoms with van der Waals surface area (Å²) in [5.41, 5.74) is 3.07. The fourth-order valence-corrected chi connectivity index (χ4v) is 5.61. The number of rotatable bonds is 7. The van der Waals surface area contributed by atoms with Crippen molar-refractivity contribution in [1.82, 2.24) is 9.80 Å². The number of methoxy groups -OCH3 is 1. The van der Waals surface area contributed by atoms with E-state index in [-0.39, 0.29) is 5.92 Å². The number of fused-ring (bicyclic) bond motifs is 1. The molecule has 0 radical (unpaired) electrons. The van der Waals surface area contributed by atoms with Crippen LogP contribution in [0.1, 0.15) is 49.7 Å². The van der Waals surface area contributed by atoms with Crippen molar-refractivity contribution in [1.29, 1.82) is 0 Å². The van der Waals surface area contributed by atoms with E-state index in [1.165, 1.54) is 56.2 Å². The molecule has 3 aliphatic rings. The number of likely N-dealkylation sites (tertiary alicyclic amines) is 1. The van der Waals surface area contributed by atoms with E-state index in [4.69, 9.17) is 4.74 Å². The van der Waals surface area contributed by atoms with Crippen LogP contribution in [0.3, 0.4) is 0 Å². The third-order valence-corrected chi connectivity index (χ3v) is 7.16. The van der Waals surface area contributed by atoms with E-state index in [0.717, 1.165) is 32.5 Å². The van der Waals surface area contributed by atoms with E-state index >= 15 is 0 Å². The molecule has 1 atom stereocenters.